The van der Waals surface area contributed by atoms with Crippen LogP contribution in [0.2, 0.25) is 10.0 Å². The summed E-state index contributed by atoms with van der Waals surface area (Å²) in [5, 5.41) is 3.40. The Hall–Kier alpha value is -1.34. The largest absolute Gasteiger partial charge is 0.341 e. The van der Waals surface area contributed by atoms with Gasteiger partial charge in [0.25, 0.3) is 0 Å². The first-order valence-electron chi connectivity index (χ1n) is 10.4. The number of benzene rings is 1. The Kier molecular flexibility index (Phi) is 7.79. The monoisotopic (exact) mass is 440 g/mol. The molecule has 6 nitrogen and oxygen atoms in total. The lowest BCUT2D eigenvalue weighted by Crippen LogP contribution is -2.53. The minimum Gasteiger partial charge on any atom is -0.341 e. The predicted molar refractivity (Wildman–Crippen MR) is 117 cm³/mol. The lowest BCUT2D eigenvalue weighted by atomic mass is 9.88. The van der Waals surface area contributed by atoms with Gasteiger partial charge in [0.2, 0.25) is 11.8 Å². The average Bonchev–Trinajstić information content (AvgIpc) is 3.25. The minimum absolute atomic E-state index is 0.0164. The van der Waals surface area contributed by atoms with Crippen molar-refractivity contribution in [3.05, 3.63) is 27.7 Å². The van der Waals surface area contributed by atoms with E-state index in [9.17, 15) is 9.59 Å². The van der Waals surface area contributed by atoms with Gasteiger partial charge in [-0.3, -0.25) is 14.5 Å². The molecule has 1 saturated carbocycles. The third-order valence-electron chi connectivity index (χ3n) is 6.14. The maximum Gasteiger partial charge on any atom is 0.238 e. The van der Waals surface area contributed by atoms with Crippen molar-refractivity contribution in [1.29, 1.82) is 0 Å². The SMILES string of the molecule is CN(C(=O)Cc1cc(Cl)c(Cl)cc1NC(=O)CN)[C@H]1CCCC[C@@H]1N1CCCC1. The molecule has 0 radical (unpaired) electrons. The van der Waals surface area contributed by atoms with E-state index in [2.05, 4.69) is 10.2 Å². The van der Waals surface area contributed by atoms with Crippen LogP contribution in [0.25, 0.3) is 0 Å². The van der Waals surface area contributed by atoms with E-state index in [-0.39, 0.29) is 30.8 Å². The van der Waals surface area contributed by atoms with Gasteiger partial charge in [0.1, 0.15) is 0 Å². The van der Waals surface area contributed by atoms with Crippen molar-refractivity contribution in [2.75, 3.05) is 32.0 Å². The Balaban J connectivity index is 1.76. The lowest BCUT2D eigenvalue weighted by Gasteiger charge is -2.42. The minimum atomic E-state index is -0.341. The summed E-state index contributed by atoms with van der Waals surface area (Å²) in [6.45, 7) is 2.11. The van der Waals surface area contributed by atoms with Crippen LogP contribution < -0.4 is 11.1 Å². The first-order chi connectivity index (χ1) is 13.9. The zero-order valence-electron chi connectivity index (χ0n) is 16.9. The van der Waals surface area contributed by atoms with Crippen LogP contribution in [0, 0.1) is 0 Å². The zero-order valence-corrected chi connectivity index (χ0v) is 18.4. The number of likely N-dealkylation sites (N-methyl/N-ethyl adjacent to an activating group) is 1. The number of hydrogen-bond acceptors (Lipinski definition) is 4. The number of carbonyl (C=O) groups excluding carboxylic acids is 2. The molecule has 0 spiro atoms. The van der Waals surface area contributed by atoms with E-state index >= 15 is 0 Å². The predicted octanol–water partition coefficient (Wildman–Crippen LogP) is 3.30. The molecule has 2 fully saturated rings. The van der Waals surface area contributed by atoms with E-state index in [1.165, 1.54) is 19.3 Å². The molecule has 0 unspecified atom stereocenters. The summed E-state index contributed by atoms with van der Waals surface area (Å²) in [5.74, 6) is -0.324. The molecular formula is C21H30Cl2N4O2. The number of halogens is 2. The van der Waals surface area contributed by atoms with Crippen molar-refractivity contribution in [2.24, 2.45) is 5.73 Å². The Morgan fingerprint density at radius 2 is 1.79 bits per heavy atom. The molecule has 1 aromatic carbocycles. The Labute approximate surface area is 182 Å². The third kappa shape index (κ3) is 5.43. The maximum atomic E-state index is 13.2. The molecule has 1 aliphatic carbocycles. The van der Waals surface area contributed by atoms with Crippen molar-refractivity contribution < 1.29 is 9.59 Å². The maximum absolute atomic E-state index is 13.2. The van der Waals surface area contributed by atoms with Gasteiger partial charge in [0.15, 0.2) is 0 Å². The molecule has 1 heterocycles. The molecule has 2 amide bonds. The van der Waals surface area contributed by atoms with Crippen molar-refractivity contribution in [1.82, 2.24) is 9.80 Å². The van der Waals surface area contributed by atoms with E-state index in [0.717, 1.165) is 32.4 Å². The van der Waals surface area contributed by atoms with Crippen LogP contribution in [0.4, 0.5) is 5.69 Å². The van der Waals surface area contributed by atoms with Crippen LogP contribution in [0.15, 0.2) is 12.1 Å². The molecule has 29 heavy (non-hydrogen) atoms. The molecule has 2 aliphatic rings. The number of nitrogens with one attached hydrogen (secondary N) is 1. The second kappa shape index (κ2) is 10.1. The van der Waals surface area contributed by atoms with Crippen molar-refractivity contribution >= 4 is 40.7 Å². The number of nitrogens with zero attached hydrogens (tertiary/aromatic N) is 2. The standard InChI is InChI=1S/C21H30Cl2N4O2/c1-26(18-6-2-3-7-19(18)27-8-4-5-9-27)21(29)11-14-10-15(22)16(23)12-17(14)25-20(28)13-24/h10,12,18-19H,2-9,11,13,24H2,1H3,(H,25,28)/t18-,19-/m0/s1. The third-order valence-corrected chi connectivity index (χ3v) is 6.86. The molecule has 1 aliphatic heterocycles. The summed E-state index contributed by atoms with van der Waals surface area (Å²) in [5.41, 5.74) is 6.54. The van der Waals surface area contributed by atoms with E-state index < -0.39 is 0 Å². The van der Waals surface area contributed by atoms with Crippen LogP contribution in [0.5, 0.6) is 0 Å². The lowest BCUT2D eigenvalue weighted by molar-refractivity contribution is -0.133. The highest BCUT2D eigenvalue weighted by Gasteiger charge is 2.35. The fourth-order valence-electron chi connectivity index (χ4n) is 4.57. The number of amides is 2. The fourth-order valence-corrected chi connectivity index (χ4v) is 4.92. The molecule has 8 heteroatoms. The highest BCUT2D eigenvalue weighted by Crippen LogP contribution is 2.32. The normalized spacial score (nSPS) is 22.5. The first kappa shape index (κ1) is 22.3. The molecule has 2 atom stereocenters. The second-order valence-electron chi connectivity index (χ2n) is 8.02. The van der Waals surface area contributed by atoms with Crippen LogP contribution in [-0.2, 0) is 16.0 Å². The number of carbonyl (C=O) groups is 2. The zero-order chi connectivity index (χ0) is 21.0. The highest BCUT2D eigenvalue weighted by atomic mass is 35.5. The van der Waals surface area contributed by atoms with Gasteiger partial charge in [-0.25, -0.2) is 0 Å². The van der Waals surface area contributed by atoms with Gasteiger partial charge in [-0.05, 0) is 56.5 Å². The van der Waals surface area contributed by atoms with Gasteiger partial charge in [-0.15, -0.1) is 0 Å². The van der Waals surface area contributed by atoms with E-state index in [0.29, 0.717) is 27.3 Å². The van der Waals surface area contributed by atoms with E-state index in [4.69, 9.17) is 28.9 Å². The summed E-state index contributed by atoms with van der Waals surface area (Å²) in [4.78, 5) is 29.4. The van der Waals surface area contributed by atoms with Gasteiger partial charge in [0.05, 0.1) is 23.0 Å². The molecule has 160 valence electrons. The van der Waals surface area contributed by atoms with Gasteiger partial charge >= 0.3 is 0 Å². The van der Waals surface area contributed by atoms with E-state index in [1.807, 2.05) is 11.9 Å². The van der Waals surface area contributed by atoms with Crippen LogP contribution in [-0.4, -0.2) is 60.4 Å². The topological polar surface area (TPSA) is 78.7 Å². The van der Waals surface area contributed by atoms with Crippen LogP contribution in [0.1, 0.15) is 44.1 Å². The Bertz CT molecular complexity index is 752. The van der Waals surface area contributed by atoms with Gasteiger partial charge < -0.3 is 16.0 Å². The summed E-state index contributed by atoms with van der Waals surface area (Å²) >= 11 is 12.3. The second-order valence-corrected chi connectivity index (χ2v) is 8.83. The smallest absolute Gasteiger partial charge is 0.238 e. The van der Waals surface area contributed by atoms with Gasteiger partial charge in [-0.2, -0.15) is 0 Å². The molecule has 0 bridgehead atoms. The van der Waals surface area contributed by atoms with Crippen molar-refractivity contribution in [3.8, 4) is 0 Å². The van der Waals surface area contributed by atoms with Crippen LogP contribution >= 0.6 is 23.2 Å². The number of rotatable bonds is 6. The van der Waals surface area contributed by atoms with Gasteiger partial charge in [0, 0.05) is 24.8 Å². The Morgan fingerprint density at radius 3 is 2.48 bits per heavy atom. The first-order valence-corrected chi connectivity index (χ1v) is 11.1. The number of anilines is 1. The highest BCUT2D eigenvalue weighted by molar-refractivity contribution is 6.42. The van der Waals surface area contributed by atoms with E-state index in [1.54, 1.807) is 12.1 Å². The van der Waals surface area contributed by atoms with Gasteiger partial charge in [-0.1, -0.05) is 36.0 Å². The van der Waals surface area contributed by atoms with Crippen LogP contribution in [0.3, 0.4) is 0 Å². The molecule has 1 aromatic rings. The molecule has 3 rings (SSSR count). The Morgan fingerprint density at radius 1 is 1.14 bits per heavy atom. The molecular weight excluding hydrogens is 411 g/mol. The number of hydrogen-bond donors (Lipinski definition) is 2. The molecule has 1 saturated heterocycles. The summed E-state index contributed by atoms with van der Waals surface area (Å²) in [7, 11) is 1.90. The van der Waals surface area contributed by atoms with Crippen molar-refractivity contribution in [3.63, 3.8) is 0 Å². The summed E-state index contributed by atoms with van der Waals surface area (Å²) in [6.07, 6.45) is 7.19. The average molecular weight is 441 g/mol. The number of nitrogens with two attached hydrogens (primary N) is 1. The molecule has 0 aromatic heterocycles. The summed E-state index contributed by atoms with van der Waals surface area (Å²) < 4.78 is 0. The van der Waals surface area contributed by atoms with Crippen molar-refractivity contribution in [2.45, 2.75) is 57.0 Å². The molecule has 3 N–H and O–H groups in total. The fraction of sp³-hybridized carbons (Fsp3) is 0.619. The number of likely N-dealkylation sites (tertiary alicyclic amines) is 1. The summed E-state index contributed by atoms with van der Waals surface area (Å²) in [6, 6.07) is 3.89. The quantitative estimate of drug-likeness (QED) is 0.710.